The zero-order valence-electron chi connectivity index (χ0n) is 14.4. The summed E-state index contributed by atoms with van der Waals surface area (Å²) >= 11 is 0. The molecule has 6 heteroatoms. The summed E-state index contributed by atoms with van der Waals surface area (Å²) in [4.78, 5) is 33.5. The van der Waals surface area contributed by atoms with Crippen LogP contribution in [-0.2, 0) is 6.54 Å². The zero-order chi connectivity index (χ0) is 17.9. The second-order valence-electron chi connectivity index (χ2n) is 6.64. The molecule has 4 rings (SSSR count). The number of nitrogens with zero attached hydrogens (tertiary/aromatic N) is 4. The van der Waals surface area contributed by atoms with Crippen LogP contribution in [0.4, 0.5) is 0 Å². The van der Waals surface area contributed by atoms with Crippen LogP contribution in [-0.4, -0.2) is 19.1 Å². The van der Waals surface area contributed by atoms with Crippen LogP contribution in [0.15, 0.2) is 64.7 Å². The fraction of sp³-hybridized carbons (Fsp3) is 0.300. The van der Waals surface area contributed by atoms with E-state index in [0.717, 1.165) is 36.8 Å². The third-order valence-corrected chi connectivity index (χ3v) is 4.93. The smallest absolute Gasteiger partial charge is 0.306 e. The van der Waals surface area contributed by atoms with E-state index in [4.69, 9.17) is 0 Å². The molecule has 0 unspecified atom stereocenters. The van der Waals surface area contributed by atoms with Gasteiger partial charge in [-0.25, -0.2) is 9.97 Å². The lowest BCUT2D eigenvalue weighted by atomic mass is 10.1. The monoisotopic (exact) mass is 348 g/mol. The molecule has 0 atom stereocenters. The SMILES string of the molecule is O=c1c(=O)n(C2CCCC2)ccn1Cc1ncc(-c2ccccc2)cn1. The summed E-state index contributed by atoms with van der Waals surface area (Å²) in [6.45, 7) is 0.189. The van der Waals surface area contributed by atoms with Gasteiger partial charge in [-0.3, -0.25) is 9.59 Å². The molecule has 0 bridgehead atoms. The van der Waals surface area contributed by atoms with Gasteiger partial charge in [0.05, 0.1) is 6.54 Å². The predicted octanol–water partition coefficient (Wildman–Crippen LogP) is 2.63. The fourth-order valence-corrected chi connectivity index (χ4v) is 3.48. The minimum absolute atomic E-state index is 0.159. The molecular weight excluding hydrogens is 328 g/mol. The molecule has 0 aliphatic heterocycles. The predicted molar refractivity (Wildman–Crippen MR) is 99.0 cm³/mol. The first-order valence-electron chi connectivity index (χ1n) is 8.90. The normalized spacial score (nSPS) is 14.6. The van der Waals surface area contributed by atoms with Gasteiger partial charge in [0.15, 0.2) is 0 Å². The van der Waals surface area contributed by atoms with Crippen molar-refractivity contribution in [1.82, 2.24) is 19.1 Å². The molecule has 3 aromatic rings. The van der Waals surface area contributed by atoms with Crippen LogP contribution in [0.25, 0.3) is 11.1 Å². The molecule has 1 aliphatic carbocycles. The van der Waals surface area contributed by atoms with E-state index in [-0.39, 0.29) is 12.6 Å². The highest BCUT2D eigenvalue weighted by Crippen LogP contribution is 2.27. The first-order chi connectivity index (χ1) is 12.7. The van der Waals surface area contributed by atoms with Gasteiger partial charge in [0.2, 0.25) is 0 Å². The third kappa shape index (κ3) is 3.22. The van der Waals surface area contributed by atoms with E-state index in [9.17, 15) is 9.59 Å². The molecule has 6 nitrogen and oxygen atoms in total. The Morgan fingerprint density at radius 3 is 2.27 bits per heavy atom. The molecule has 1 saturated carbocycles. The topological polar surface area (TPSA) is 69.8 Å². The van der Waals surface area contributed by atoms with Crippen LogP contribution in [0, 0.1) is 0 Å². The number of hydrogen-bond donors (Lipinski definition) is 0. The highest BCUT2D eigenvalue weighted by molar-refractivity contribution is 5.60. The van der Waals surface area contributed by atoms with Crippen LogP contribution >= 0.6 is 0 Å². The Morgan fingerprint density at radius 2 is 1.58 bits per heavy atom. The van der Waals surface area contributed by atoms with Crippen molar-refractivity contribution in [3.05, 3.63) is 81.7 Å². The van der Waals surface area contributed by atoms with Crippen LogP contribution in [0.1, 0.15) is 37.5 Å². The minimum atomic E-state index is -0.518. The average molecular weight is 348 g/mol. The number of benzene rings is 1. The summed E-state index contributed by atoms with van der Waals surface area (Å²) in [6, 6.07) is 10.0. The molecular formula is C20H20N4O2. The fourth-order valence-electron chi connectivity index (χ4n) is 3.48. The molecule has 132 valence electrons. The van der Waals surface area contributed by atoms with E-state index in [1.807, 2.05) is 30.3 Å². The van der Waals surface area contributed by atoms with Crippen LogP contribution in [0.5, 0.6) is 0 Å². The van der Waals surface area contributed by atoms with Crippen molar-refractivity contribution in [2.75, 3.05) is 0 Å². The Labute approximate surface area is 150 Å². The van der Waals surface area contributed by atoms with Crippen LogP contribution in [0.3, 0.4) is 0 Å². The summed E-state index contributed by atoms with van der Waals surface area (Å²) < 4.78 is 2.97. The minimum Gasteiger partial charge on any atom is -0.306 e. The third-order valence-electron chi connectivity index (χ3n) is 4.93. The highest BCUT2D eigenvalue weighted by atomic mass is 16.2. The molecule has 2 heterocycles. The Kier molecular flexibility index (Phi) is 4.48. The van der Waals surface area contributed by atoms with E-state index < -0.39 is 11.1 Å². The molecule has 0 N–H and O–H groups in total. The Morgan fingerprint density at radius 1 is 0.885 bits per heavy atom. The van der Waals surface area contributed by atoms with E-state index in [0.29, 0.717) is 5.82 Å². The van der Waals surface area contributed by atoms with E-state index >= 15 is 0 Å². The maximum atomic E-state index is 12.4. The standard InChI is InChI=1S/C20H20N4O2/c25-19-20(26)24(17-8-4-5-9-17)11-10-23(19)14-18-21-12-16(13-22-18)15-6-2-1-3-7-15/h1-3,6-7,10-13,17H,4-5,8-9,14H2. The van der Waals surface area contributed by atoms with Crippen molar-refractivity contribution < 1.29 is 0 Å². The molecule has 1 fully saturated rings. The summed E-state index contributed by atoms with van der Waals surface area (Å²) in [5.74, 6) is 0.504. The first-order valence-corrected chi connectivity index (χ1v) is 8.90. The Balaban J connectivity index is 1.57. The molecule has 0 amide bonds. The van der Waals surface area contributed by atoms with Gasteiger partial charge in [-0.1, -0.05) is 43.2 Å². The average Bonchev–Trinajstić information content (AvgIpc) is 3.21. The number of aromatic nitrogens is 4. The molecule has 0 spiro atoms. The van der Waals surface area contributed by atoms with E-state index in [1.165, 1.54) is 4.57 Å². The summed E-state index contributed by atoms with van der Waals surface area (Å²) in [5, 5.41) is 0. The Bertz CT molecular complexity index is 1000. The van der Waals surface area contributed by atoms with Crippen LogP contribution in [0.2, 0.25) is 0 Å². The van der Waals surface area contributed by atoms with Gasteiger partial charge in [-0.15, -0.1) is 0 Å². The lowest BCUT2D eigenvalue weighted by Crippen LogP contribution is -2.41. The van der Waals surface area contributed by atoms with Gasteiger partial charge < -0.3 is 9.13 Å². The van der Waals surface area contributed by atoms with Crippen LogP contribution < -0.4 is 11.1 Å². The largest absolute Gasteiger partial charge is 0.316 e. The summed E-state index contributed by atoms with van der Waals surface area (Å²) in [6.07, 6.45) is 11.0. The summed E-state index contributed by atoms with van der Waals surface area (Å²) in [5.41, 5.74) is 0.976. The van der Waals surface area contributed by atoms with Crippen molar-refractivity contribution in [2.24, 2.45) is 0 Å². The molecule has 0 saturated heterocycles. The number of rotatable bonds is 4. The summed E-state index contributed by atoms with van der Waals surface area (Å²) in [7, 11) is 0. The molecule has 2 aromatic heterocycles. The molecule has 1 aliphatic rings. The van der Waals surface area contributed by atoms with E-state index in [1.54, 1.807) is 29.4 Å². The lowest BCUT2D eigenvalue weighted by Gasteiger charge is -2.14. The Hall–Kier alpha value is -3.02. The van der Waals surface area contributed by atoms with Gasteiger partial charge in [0.1, 0.15) is 5.82 Å². The van der Waals surface area contributed by atoms with Gasteiger partial charge in [-0.2, -0.15) is 0 Å². The molecule has 26 heavy (non-hydrogen) atoms. The second kappa shape index (κ2) is 7.07. The first kappa shape index (κ1) is 16.4. The quantitative estimate of drug-likeness (QED) is 0.680. The van der Waals surface area contributed by atoms with E-state index in [2.05, 4.69) is 9.97 Å². The number of hydrogen-bond acceptors (Lipinski definition) is 4. The van der Waals surface area contributed by atoms with Gasteiger partial charge in [0.25, 0.3) is 0 Å². The molecule has 1 aromatic carbocycles. The zero-order valence-corrected chi connectivity index (χ0v) is 14.4. The maximum Gasteiger partial charge on any atom is 0.316 e. The van der Waals surface area contributed by atoms with Gasteiger partial charge in [-0.05, 0) is 18.4 Å². The highest BCUT2D eigenvalue weighted by Gasteiger charge is 2.19. The van der Waals surface area contributed by atoms with Gasteiger partial charge >= 0.3 is 11.1 Å². The van der Waals surface area contributed by atoms with Crippen molar-refractivity contribution in [3.8, 4) is 11.1 Å². The van der Waals surface area contributed by atoms with Gasteiger partial charge in [0, 0.05) is 36.4 Å². The maximum absolute atomic E-state index is 12.4. The molecule has 0 radical (unpaired) electrons. The van der Waals surface area contributed by atoms with Crippen molar-refractivity contribution in [3.63, 3.8) is 0 Å². The van der Waals surface area contributed by atoms with Crippen molar-refractivity contribution in [2.45, 2.75) is 38.3 Å². The lowest BCUT2D eigenvalue weighted by molar-refractivity contribution is 0.487. The second-order valence-corrected chi connectivity index (χ2v) is 6.64. The van der Waals surface area contributed by atoms with Crippen molar-refractivity contribution >= 4 is 0 Å². The van der Waals surface area contributed by atoms with Crippen molar-refractivity contribution in [1.29, 1.82) is 0 Å².